The number of nitrogens with zero attached hydrogens (tertiary/aromatic N) is 2. The minimum absolute atomic E-state index is 0.0344. The molecule has 1 aromatic carbocycles. The van der Waals surface area contributed by atoms with Crippen LogP contribution < -0.4 is 0 Å². The molecule has 0 spiro atoms. The molecule has 0 unspecified atom stereocenters. The molecule has 0 aliphatic rings. The molecule has 134 valence electrons. The average molecular weight is 344 g/mol. The molecule has 2 N–H and O–H groups in total. The molecular weight excluding hydrogens is 324 g/mol. The Kier molecular flexibility index (Phi) is 8.79. The number of hydrogen-bond acceptors (Lipinski definition) is 8. The van der Waals surface area contributed by atoms with Crippen molar-refractivity contribution in [1.29, 1.82) is 0 Å². The predicted octanol–water partition coefficient (Wildman–Crippen LogP) is 1.30. The summed E-state index contributed by atoms with van der Waals surface area (Å²) in [6.45, 7) is -0.106. The summed E-state index contributed by atoms with van der Waals surface area (Å²) in [5.41, 5.74) is -0.643. The van der Waals surface area contributed by atoms with Gasteiger partial charge in [0.1, 0.15) is 5.56 Å². The van der Waals surface area contributed by atoms with Gasteiger partial charge in [-0.15, -0.1) is 0 Å². The number of benzene rings is 1. The third-order valence-electron chi connectivity index (χ3n) is 3.06. The van der Waals surface area contributed by atoms with Crippen LogP contribution in [0, 0.1) is 20.2 Å². The summed E-state index contributed by atoms with van der Waals surface area (Å²) in [4.78, 5) is 21.1. The molecule has 1 aromatic rings. The van der Waals surface area contributed by atoms with Crippen molar-refractivity contribution in [3.8, 4) is 0 Å². The van der Waals surface area contributed by atoms with Crippen LogP contribution in [0.4, 0.5) is 11.4 Å². The Bertz CT molecular complexity index is 529. The molecule has 1 rings (SSSR count). The van der Waals surface area contributed by atoms with Crippen LogP contribution in [-0.2, 0) is 22.7 Å². The van der Waals surface area contributed by atoms with E-state index in [1.165, 1.54) is 12.1 Å². The van der Waals surface area contributed by atoms with Gasteiger partial charge in [-0.2, -0.15) is 0 Å². The first-order valence-corrected chi connectivity index (χ1v) is 7.33. The van der Waals surface area contributed by atoms with Gasteiger partial charge in [-0.1, -0.05) is 0 Å². The second-order valence-electron chi connectivity index (χ2n) is 4.89. The summed E-state index contributed by atoms with van der Waals surface area (Å²) in [5.74, 6) is 0. The Morgan fingerprint density at radius 3 is 1.75 bits per heavy atom. The van der Waals surface area contributed by atoms with E-state index in [2.05, 4.69) is 0 Å². The van der Waals surface area contributed by atoms with E-state index in [1.807, 2.05) is 0 Å². The molecule has 10 nitrogen and oxygen atoms in total. The fourth-order valence-corrected chi connectivity index (χ4v) is 1.95. The number of ether oxygens (including phenoxy) is 2. The van der Waals surface area contributed by atoms with Crippen LogP contribution in [0.2, 0.25) is 0 Å². The highest BCUT2D eigenvalue weighted by Gasteiger charge is 2.26. The van der Waals surface area contributed by atoms with E-state index in [9.17, 15) is 20.2 Å². The second-order valence-corrected chi connectivity index (χ2v) is 4.89. The van der Waals surface area contributed by atoms with Crippen LogP contribution in [-0.4, -0.2) is 46.5 Å². The van der Waals surface area contributed by atoms with Gasteiger partial charge in [0, 0.05) is 38.6 Å². The average Bonchev–Trinajstić information content (AvgIpc) is 2.55. The van der Waals surface area contributed by atoms with Crippen LogP contribution in [0.5, 0.6) is 0 Å². The van der Waals surface area contributed by atoms with Gasteiger partial charge in [0.2, 0.25) is 0 Å². The van der Waals surface area contributed by atoms with E-state index in [0.717, 1.165) is 0 Å². The van der Waals surface area contributed by atoms with E-state index in [1.54, 1.807) is 0 Å². The van der Waals surface area contributed by atoms with Crippen molar-refractivity contribution in [2.24, 2.45) is 0 Å². The summed E-state index contributed by atoms with van der Waals surface area (Å²) in [6.07, 6.45) is 0.735. The molecule has 10 heteroatoms. The van der Waals surface area contributed by atoms with E-state index < -0.39 is 21.2 Å². The summed E-state index contributed by atoms with van der Waals surface area (Å²) < 4.78 is 10.4. The second kappa shape index (κ2) is 10.6. The Morgan fingerprint density at radius 2 is 1.33 bits per heavy atom. The molecule has 0 aliphatic carbocycles. The number of aliphatic hydroxyl groups excluding tert-OH is 2. The van der Waals surface area contributed by atoms with E-state index in [4.69, 9.17) is 19.7 Å². The largest absolute Gasteiger partial charge is 0.396 e. The van der Waals surface area contributed by atoms with E-state index in [-0.39, 0.29) is 45.2 Å². The Balaban J connectivity index is 3.02. The molecular formula is C14H20N2O8. The highest BCUT2D eigenvalue weighted by Crippen LogP contribution is 2.31. The molecule has 0 saturated heterocycles. The normalized spacial score (nSPS) is 10.8. The Morgan fingerprint density at radius 1 is 0.875 bits per heavy atom. The van der Waals surface area contributed by atoms with Crippen molar-refractivity contribution in [3.63, 3.8) is 0 Å². The van der Waals surface area contributed by atoms with Crippen molar-refractivity contribution < 1.29 is 29.5 Å². The van der Waals surface area contributed by atoms with Gasteiger partial charge >= 0.3 is 0 Å². The van der Waals surface area contributed by atoms with Crippen molar-refractivity contribution in [2.45, 2.75) is 26.1 Å². The standard InChI is InChI=1S/C14H20N2O8/c17-3-1-5-23-9-11-7-13(15(19)20)12(10-24-6-2-4-18)14(8-11)16(21)22/h7-8,17-18H,1-6,9-10H2. The first-order valence-electron chi connectivity index (χ1n) is 7.33. The summed E-state index contributed by atoms with van der Waals surface area (Å²) >= 11 is 0. The molecule has 0 fully saturated rings. The van der Waals surface area contributed by atoms with Crippen molar-refractivity contribution in [2.75, 3.05) is 26.4 Å². The molecule has 0 amide bonds. The SMILES string of the molecule is O=[N+]([O-])c1cc(COCCCO)cc([N+](=O)[O-])c1COCCCO. The fraction of sp³-hybridized carbons (Fsp3) is 0.571. The molecule has 0 aromatic heterocycles. The van der Waals surface area contributed by atoms with Gasteiger partial charge in [-0.3, -0.25) is 20.2 Å². The third kappa shape index (κ3) is 6.16. The van der Waals surface area contributed by atoms with Gasteiger partial charge in [0.25, 0.3) is 11.4 Å². The van der Waals surface area contributed by atoms with Gasteiger partial charge in [0.15, 0.2) is 0 Å². The van der Waals surface area contributed by atoms with Crippen LogP contribution >= 0.6 is 0 Å². The summed E-state index contributed by atoms with van der Waals surface area (Å²) in [5, 5.41) is 39.8. The van der Waals surface area contributed by atoms with Crippen LogP contribution in [0.25, 0.3) is 0 Å². The number of rotatable bonds is 12. The molecule has 0 saturated carbocycles. The molecule has 24 heavy (non-hydrogen) atoms. The van der Waals surface area contributed by atoms with Gasteiger partial charge in [-0.25, -0.2) is 0 Å². The zero-order chi connectivity index (χ0) is 17.9. The minimum Gasteiger partial charge on any atom is -0.396 e. The molecule has 0 aliphatic heterocycles. The predicted molar refractivity (Wildman–Crippen MR) is 82.5 cm³/mol. The number of aliphatic hydroxyl groups is 2. The molecule has 0 heterocycles. The first kappa shape index (κ1) is 19.9. The maximum atomic E-state index is 11.2. The number of nitro groups is 2. The lowest BCUT2D eigenvalue weighted by molar-refractivity contribution is -0.396. The van der Waals surface area contributed by atoms with E-state index >= 15 is 0 Å². The van der Waals surface area contributed by atoms with Gasteiger partial charge < -0.3 is 19.7 Å². The van der Waals surface area contributed by atoms with Gasteiger partial charge in [-0.05, 0) is 18.4 Å². The lowest BCUT2D eigenvalue weighted by atomic mass is 10.1. The fourth-order valence-electron chi connectivity index (χ4n) is 1.95. The number of hydrogen-bond donors (Lipinski definition) is 2. The molecule has 0 atom stereocenters. The minimum atomic E-state index is -0.699. The van der Waals surface area contributed by atoms with Crippen LogP contribution in [0.3, 0.4) is 0 Å². The highest BCUT2D eigenvalue weighted by molar-refractivity contribution is 5.56. The van der Waals surface area contributed by atoms with Crippen LogP contribution in [0.15, 0.2) is 12.1 Å². The number of nitro benzene ring substituents is 2. The zero-order valence-corrected chi connectivity index (χ0v) is 13.0. The first-order chi connectivity index (χ1) is 11.5. The topological polar surface area (TPSA) is 145 Å². The lowest BCUT2D eigenvalue weighted by Crippen LogP contribution is -2.07. The summed E-state index contributed by atoms with van der Waals surface area (Å²) in [7, 11) is 0. The third-order valence-corrected chi connectivity index (χ3v) is 3.06. The Hall–Kier alpha value is -2.14. The Labute approximate surface area is 137 Å². The zero-order valence-electron chi connectivity index (χ0n) is 13.0. The monoisotopic (exact) mass is 344 g/mol. The lowest BCUT2D eigenvalue weighted by Gasteiger charge is -2.09. The molecule has 0 radical (unpaired) electrons. The van der Waals surface area contributed by atoms with Crippen molar-refractivity contribution in [1.82, 2.24) is 0 Å². The summed E-state index contributed by atoms with van der Waals surface area (Å²) in [6, 6.07) is 2.44. The van der Waals surface area contributed by atoms with E-state index in [0.29, 0.717) is 18.4 Å². The quantitative estimate of drug-likeness (QED) is 0.328. The maximum absolute atomic E-state index is 11.2. The van der Waals surface area contributed by atoms with Crippen molar-refractivity contribution >= 4 is 11.4 Å². The van der Waals surface area contributed by atoms with Crippen LogP contribution in [0.1, 0.15) is 24.0 Å². The smallest absolute Gasteiger partial charge is 0.282 e. The highest BCUT2D eigenvalue weighted by atomic mass is 16.6. The van der Waals surface area contributed by atoms with Crippen molar-refractivity contribution in [3.05, 3.63) is 43.5 Å². The maximum Gasteiger partial charge on any atom is 0.282 e. The van der Waals surface area contributed by atoms with Gasteiger partial charge in [0.05, 0.1) is 23.1 Å². The molecule has 0 bridgehead atoms.